The summed E-state index contributed by atoms with van der Waals surface area (Å²) in [6.07, 6.45) is 3.86. The second-order valence-corrected chi connectivity index (χ2v) is 5.78. The maximum Gasteiger partial charge on any atom is 0.256 e. The van der Waals surface area contributed by atoms with Crippen LogP contribution in [0.4, 0.5) is 5.69 Å². The van der Waals surface area contributed by atoms with E-state index in [1.807, 2.05) is 45.0 Å². The van der Waals surface area contributed by atoms with Crippen molar-refractivity contribution in [2.24, 2.45) is 0 Å². The average Bonchev–Trinajstić information content (AvgIpc) is 2.91. The third-order valence-electron chi connectivity index (χ3n) is 3.73. The highest BCUT2D eigenvalue weighted by Crippen LogP contribution is 2.34. The Bertz CT molecular complexity index is 461. The van der Waals surface area contributed by atoms with Crippen LogP contribution >= 0.6 is 0 Å². The van der Waals surface area contributed by atoms with Crippen LogP contribution in [0.1, 0.15) is 46.5 Å². The minimum absolute atomic E-state index is 0.0284. The lowest BCUT2D eigenvalue weighted by atomic mass is 10.0. The van der Waals surface area contributed by atoms with Gasteiger partial charge in [-0.1, -0.05) is 0 Å². The Morgan fingerprint density at radius 1 is 1.24 bits per heavy atom. The van der Waals surface area contributed by atoms with Crippen molar-refractivity contribution in [3.8, 4) is 5.75 Å². The summed E-state index contributed by atoms with van der Waals surface area (Å²) in [6.45, 7) is 6.48. The summed E-state index contributed by atoms with van der Waals surface area (Å²) >= 11 is 0. The zero-order valence-corrected chi connectivity index (χ0v) is 13.1. The van der Waals surface area contributed by atoms with Crippen molar-refractivity contribution >= 4 is 11.6 Å². The largest absolute Gasteiger partial charge is 0.491 e. The minimum atomic E-state index is -0.637. The predicted octanol–water partition coefficient (Wildman–Crippen LogP) is 3.76. The van der Waals surface area contributed by atoms with Gasteiger partial charge in [-0.05, 0) is 70.7 Å². The van der Waals surface area contributed by atoms with Crippen LogP contribution in [0.3, 0.4) is 0 Å². The van der Waals surface area contributed by atoms with E-state index < -0.39 is 5.60 Å². The highest BCUT2D eigenvalue weighted by molar-refractivity contribution is 5.97. The van der Waals surface area contributed by atoms with Crippen LogP contribution < -0.4 is 10.1 Å². The Labute approximate surface area is 126 Å². The molecule has 1 aromatic carbocycles. The van der Waals surface area contributed by atoms with Gasteiger partial charge < -0.3 is 14.8 Å². The molecule has 1 aliphatic rings. The van der Waals surface area contributed by atoms with Crippen LogP contribution in [0.2, 0.25) is 0 Å². The molecule has 0 radical (unpaired) electrons. The van der Waals surface area contributed by atoms with E-state index >= 15 is 0 Å². The third kappa shape index (κ3) is 3.97. The number of hydrogen-bond donors (Lipinski definition) is 1. The highest BCUT2D eigenvalue weighted by Gasteiger charge is 2.41. The maximum absolute atomic E-state index is 12.5. The summed E-state index contributed by atoms with van der Waals surface area (Å²) in [5.74, 6) is 0.780. The number of amides is 1. The molecular formula is C17H25NO3. The van der Waals surface area contributed by atoms with E-state index in [1.54, 1.807) is 0 Å². The van der Waals surface area contributed by atoms with Gasteiger partial charge in [-0.3, -0.25) is 4.79 Å². The number of hydrogen-bond acceptors (Lipinski definition) is 3. The number of nitrogens with one attached hydrogen (secondary N) is 1. The molecule has 0 unspecified atom stereocenters. The number of rotatable bonds is 6. The van der Waals surface area contributed by atoms with Gasteiger partial charge in [0.15, 0.2) is 0 Å². The lowest BCUT2D eigenvalue weighted by Gasteiger charge is -2.27. The van der Waals surface area contributed by atoms with Gasteiger partial charge in [-0.15, -0.1) is 0 Å². The van der Waals surface area contributed by atoms with Crippen molar-refractivity contribution in [1.82, 2.24) is 0 Å². The van der Waals surface area contributed by atoms with Crippen molar-refractivity contribution in [2.45, 2.75) is 58.2 Å². The number of ether oxygens (including phenoxy) is 2. The Kier molecular flexibility index (Phi) is 5.23. The summed E-state index contributed by atoms with van der Waals surface area (Å²) < 4.78 is 11.4. The van der Waals surface area contributed by atoms with Gasteiger partial charge in [0.25, 0.3) is 5.91 Å². The van der Waals surface area contributed by atoms with Crippen LogP contribution in [-0.2, 0) is 9.53 Å². The van der Waals surface area contributed by atoms with Gasteiger partial charge in [0.05, 0.1) is 6.10 Å². The zero-order valence-electron chi connectivity index (χ0n) is 13.1. The smallest absolute Gasteiger partial charge is 0.256 e. The molecule has 1 amide bonds. The van der Waals surface area contributed by atoms with Gasteiger partial charge in [0, 0.05) is 12.3 Å². The van der Waals surface area contributed by atoms with E-state index in [-0.39, 0.29) is 12.0 Å². The molecule has 0 spiro atoms. The lowest BCUT2D eigenvalue weighted by Crippen LogP contribution is -2.43. The first-order chi connectivity index (χ1) is 10.1. The van der Waals surface area contributed by atoms with Gasteiger partial charge in [-0.2, -0.15) is 0 Å². The first-order valence-corrected chi connectivity index (χ1v) is 7.78. The first-order valence-electron chi connectivity index (χ1n) is 7.78. The molecular weight excluding hydrogens is 266 g/mol. The van der Waals surface area contributed by atoms with E-state index in [4.69, 9.17) is 9.47 Å². The monoisotopic (exact) mass is 291 g/mol. The van der Waals surface area contributed by atoms with Crippen molar-refractivity contribution in [1.29, 1.82) is 0 Å². The van der Waals surface area contributed by atoms with Crippen molar-refractivity contribution in [3.05, 3.63) is 24.3 Å². The highest BCUT2D eigenvalue weighted by atomic mass is 16.5. The van der Waals surface area contributed by atoms with Gasteiger partial charge >= 0.3 is 0 Å². The lowest BCUT2D eigenvalue weighted by molar-refractivity contribution is -0.140. The molecule has 1 saturated carbocycles. The van der Waals surface area contributed by atoms with Gasteiger partial charge in [0.1, 0.15) is 11.4 Å². The molecule has 0 heterocycles. The topological polar surface area (TPSA) is 47.6 Å². The van der Waals surface area contributed by atoms with Crippen molar-refractivity contribution in [3.63, 3.8) is 0 Å². The van der Waals surface area contributed by atoms with Crippen molar-refractivity contribution in [2.75, 3.05) is 11.9 Å². The SMILES string of the molecule is CCOC1(C(=O)Nc2ccc(OC(C)C)cc2)CCCC1. The van der Waals surface area contributed by atoms with E-state index in [1.165, 1.54) is 0 Å². The number of carbonyl (C=O) groups is 1. The zero-order chi connectivity index (χ0) is 15.3. The summed E-state index contributed by atoms with van der Waals surface area (Å²) in [7, 11) is 0. The maximum atomic E-state index is 12.5. The van der Waals surface area contributed by atoms with Crippen LogP contribution in [0, 0.1) is 0 Å². The fourth-order valence-corrected chi connectivity index (χ4v) is 2.79. The predicted molar refractivity (Wildman–Crippen MR) is 83.7 cm³/mol. The summed E-state index contributed by atoms with van der Waals surface area (Å²) in [5, 5.41) is 2.97. The Balaban J connectivity index is 2.01. The molecule has 2 rings (SSSR count). The Morgan fingerprint density at radius 2 is 1.86 bits per heavy atom. The standard InChI is InChI=1S/C17H25NO3/c1-4-20-17(11-5-6-12-17)16(19)18-14-7-9-15(10-8-14)21-13(2)3/h7-10,13H,4-6,11-12H2,1-3H3,(H,18,19). The molecule has 4 nitrogen and oxygen atoms in total. The summed E-state index contributed by atoms with van der Waals surface area (Å²) in [6, 6.07) is 7.48. The number of anilines is 1. The van der Waals surface area contributed by atoms with Crippen LogP contribution in [-0.4, -0.2) is 24.2 Å². The molecule has 1 aromatic rings. The fraction of sp³-hybridized carbons (Fsp3) is 0.588. The van der Waals surface area contributed by atoms with Crippen molar-refractivity contribution < 1.29 is 14.3 Å². The summed E-state index contributed by atoms with van der Waals surface area (Å²) in [4.78, 5) is 12.5. The van der Waals surface area contributed by atoms with Crippen LogP contribution in [0.15, 0.2) is 24.3 Å². The van der Waals surface area contributed by atoms with Crippen LogP contribution in [0.5, 0.6) is 5.75 Å². The second kappa shape index (κ2) is 6.94. The molecule has 0 aliphatic heterocycles. The molecule has 1 N–H and O–H groups in total. The summed E-state index contributed by atoms with van der Waals surface area (Å²) in [5.41, 5.74) is 0.143. The van der Waals surface area contributed by atoms with Gasteiger partial charge in [0.2, 0.25) is 0 Å². The normalized spacial score (nSPS) is 17.0. The van der Waals surface area contributed by atoms with E-state index in [2.05, 4.69) is 5.32 Å². The average molecular weight is 291 g/mol. The van der Waals surface area contributed by atoms with E-state index in [0.717, 1.165) is 37.1 Å². The van der Waals surface area contributed by atoms with E-state index in [0.29, 0.717) is 6.61 Å². The minimum Gasteiger partial charge on any atom is -0.491 e. The molecule has 4 heteroatoms. The molecule has 1 fully saturated rings. The fourth-order valence-electron chi connectivity index (χ4n) is 2.79. The Morgan fingerprint density at radius 3 is 2.38 bits per heavy atom. The first kappa shape index (κ1) is 15.8. The Hall–Kier alpha value is -1.55. The third-order valence-corrected chi connectivity index (χ3v) is 3.73. The van der Waals surface area contributed by atoms with E-state index in [9.17, 15) is 4.79 Å². The quantitative estimate of drug-likeness (QED) is 0.868. The number of carbonyl (C=O) groups excluding carboxylic acids is 1. The number of benzene rings is 1. The molecule has 0 atom stereocenters. The molecule has 116 valence electrons. The van der Waals surface area contributed by atoms with Crippen LogP contribution in [0.25, 0.3) is 0 Å². The molecule has 0 saturated heterocycles. The molecule has 0 aromatic heterocycles. The second-order valence-electron chi connectivity index (χ2n) is 5.78. The van der Waals surface area contributed by atoms with Gasteiger partial charge in [-0.25, -0.2) is 0 Å². The molecule has 21 heavy (non-hydrogen) atoms. The molecule has 1 aliphatic carbocycles. The molecule has 0 bridgehead atoms.